The molecule has 6 heteroatoms. The van der Waals surface area contributed by atoms with Crippen LogP contribution in [0.1, 0.15) is 31.2 Å². The van der Waals surface area contributed by atoms with Crippen LogP contribution in [0.2, 0.25) is 0 Å². The van der Waals surface area contributed by atoms with Gasteiger partial charge in [-0.2, -0.15) is 13.2 Å². The van der Waals surface area contributed by atoms with Gasteiger partial charge in [-0.3, -0.25) is 0 Å². The first-order chi connectivity index (χ1) is 9.36. The Balaban J connectivity index is 1.96. The van der Waals surface area contributed by atoms with Crippen molar-refractivity contribution in [2.75, 3.05) is 11.9 Å². The molecular formula is C14H18BrF3N2. The van der Waals surface area contributed by atoms with E-state index in [2.05, 4.69) is 21.2 Å². The van der Waals surface area contributed by atoms with Crippen molar-refractivity contribution in [3.05, 3.63) is 28.2 Å². The molecule has 0 aliphatic heterocycles. The van der Waals surface area contributed by atoms with Gasteiger partial charge in [0, 0.05) is 22.7 Å². The Morgan fingerprint density at radius 1 is 1.30 bits per heavy atom. The lowest BCUT2D eigenvalue weighted by atomic mass is 9.86. The number of benzene rings is 1. The molecule has 0 bridgehead atoms. The molecular weight excluding hydrogens is 333 g/mol. The van der Waals surface area contributed by atoms with Gasteiger partial charge in [0.25, 0.3) is 0 Å². The summed E-state index contributed by atoms with van der Waals surface area (Å²) < 4.78 is 38.1. The van der Waals surface area contributed by atoms with E-state index in [-0.39, 0.29) is 6.04 Å². The summed E-state index contributed by atoms with van der Waals surface area (Å²) in [5.41, 5.74) is 5.98. The molecule has 1 aliphatic carbocycles. The van der Waals surface area contributed by atoms with Gasteiger partial charge in [-0.25, -0.2) is 0 Å². The maximum Gasteiger partial charge on any atom is 0.416 e. The van der Waals surface area contributed by atoms with Crippen molar-refractivity contribution in [1.29, 1.82) is 0 Å². The van der Waals surface area contributed by atoms with E-state index in [1.165, 1.54) is 6.07 Å². The van der Waals surface area contributed by atoms with E-state index in [0.717, 1.165) is 44.4 Å². The molecule has 0 radical (unpaired) electrons. The van der Waals surface area contributed by atoms with Crippen molar-refractivity contribution in [1.82, 2.24) is 0 Å². The van der Waals surface area contributed by atoms with E-state index in [9.17, 15) is 13.2 Å². The first-order valence-electron chi connectivity index (χ1n) is 6.72. The Morgan fingerprint density at radius 3 is 2.65 bits per heavy atom. The number of nitrogens with one attached hydrogen (secondary N) is 1. The molecule has 1 saturated carbocycles. The van der Waals surface area contributed by atoms with Gasteiger partial charge in [-0.15, -0.1) is 0 Å². The summed E-state index contributed by atoms with van der Waals surface area (Å²) in [4.78, 5) is 0. The topological polar surface area (TPSA) is 38.0 Å². The zero-order valence-corrected chi connectivity index (χ0v) is 12.6. The summed E-state index contributed by atoms with van der Waals surface area (Å²) >= 11 is 3.19. The third kappa shape index (κ3) is 4.12. The van der Waals surface area contributed by atoms with E-state index in [1.54, 1.807) is 0 Å². The van der Waals surface area contributed by atoms with Gasteiger partial charge in [0.2, 0.25) is 0 Å². The van der Waals surface area contributed by atoms with Crippen LogP contribution >= 0.6 is 15.9 Å². The van der Waals surface area contributed by atoms with Gasteiger partial charge in [0.15, 0.2) is 0 Å². The number of rotatable bonds is 3. The number of hydrogen-bond donors (Lipinski definition) is 2. The first-order valence-corrected chi connectivity index (χ1v) is 7.52. The maximum absolute atomic E-state index is 12.6. The maximum atomic E-state index is 12.6. The number of hydrogen-bond acceptors (Lipinski definition) is 2. The second-order valence-electron chi connectivity index (χ2n) is 5.37. The highest BCUT2D eigenvalue weighted by atomic mass is 79.9. The Hall–Kier alpha value is -0.750. The van der Waals surface area contributed by atoms with Crippen LogP contribution in [0.15, 0.2) is 22.7 Å². The molecule has 112 valence electrons. The van der Waals surface area contributed by atoms with Crippen LogP contribution in [0.4, 0.5) is 18.9 Å². The second kappa shape index (κ2) is 6.35. The summed E-state index contributed by atoms with van der Waals surface area (Å²) in [5.74, 6) is 0.493. The zero-order chi connectivity index (χ0) is 14.8. The van der Waals surface area contributed by atoms with Crippen molar-refractivity contribution in [3.63, 3.8) is 0 Å². The average Bonchev–Trinajstić information content (AvgIpc) is 2.36. The van der Waals surface area contributed by atoms with E-state index in [4.69, 9.17) is 5.73 Å². The molecule has 2 nitrogen and oxygen atoms in total. The van der Waals surface area contributed by atoms with Crippen LogP contribution < -0.4 is 11.1 Å². The van der Waals surface area contributed by atoms with Gasteiger partial charge in [0.1, 0.15) is 0 Å². The van der Waals surface area contributed by atoms with E-state index < -0.39 is 11.7 Å². The molecule has 0 heterocycles. The fraction of sp³-hybridized carbons (Fsp3) is 0.571. The lowest BCUT2D eigenvalue weighted by Gasteiger charge is -2.27. The molecule has 2 rings (SSSR count). The quantitative estimate of drug-likeness (QED) is 0.847. The largest absolute Gasteiger partial charge is 0.416 e. The third-order valence-corrected chi connectivity index (χ3v) is 4.36. The standard InChI is InChI=1S/C14H18BrF3N2/c15-12-7-10(14(16,17)18)4-5-13(12)20-8-9-2-1-3-11(19)6-9/h4-5,7,9,11,20H,1-3,6,8,19H2. The molecule has 2 unspecified atom stereocenters. The van der Waals surface area contributed by atoms with Crippen LogP contribution in [0.3, 0.4) is 0 Å². The van der Waals surface area contributed by atoms with E-state index in [1.807, 2.05) is 0 Å². The minimum atomic E-state index is -4.31. The fourth-order valence-corrected chi connectivity index (χ4v) is 3.13. The SMILES string of the molecule is NC1CCCC(CNc2ccc(C(F)(F)F)cc2Br)C1. The summed E-state index contributed by atoms with van der Waals surface area (Å²) in [6.45, 7) is 0.748. The highest BCUT2D eigenvalue weighted by Crippen LogP contribution is 2.34. The molecule has 1 aromatic carbocycles. The Bertz CT molecular complexity index is 462. The molecule has 2 atom stereocenters. The van der Waals surface area contributed by atoms with Crippen molar-refractivity contribution < 1.29 is 13.2 Å². The van der Waals surface area contributed by atoms with Crippen LogP contribution in [-0.2, 0) is 6.18 Å². The molecule has 1 aliphatic rings. The highest BCUT2D eigenvalue weighted by molar-refractivity contribution is 9.10. The van der Waals surface area contributed by atoms with Gasteiger partial charge in [-0.05, 0) is 59.3 Å². The van der Waals surface area contributed by atoms with Crippen LogP contribution in [0, 0.1) is 5.92 Å². The predicted octanol–water partition coefficient (Wildman–Crippen LogP) is 4.40. The third-order valence-electron chi connectivity index (χ3n) is 3.70. The van der Waals surface area contributed by atoms with Gasteiger partial charge in [-0.1, -0.05) is 6.42 Å². The monoisotopic (exact) mass is 350 g/mol. The van der Waals surface area contributed by atoms with Gasteiger partial charge >= 0.3 is 6.18 Å². The normalized spacial score (nSPS) is 23.6. The predicted molar refractivity (Wildman–Crippen MR) is 77.6 cm³/mol. The zero-order valence-electron chi connectivity index (χ0n) is 11.0. The number of alkyl halides is 3. The average molecular weight is 351 g/mol. The smallest absolute Gasteiger partial charge is 0.384 e. The molecule has 0 saturated heterocycles. The Kier molecular flexibility index (Phi) is 4.96. The molecule has 0 spiro atoms. The van der Waals surface area contributed by atoms with Gasteiger partial charge in [0.05, 0.1) is 5.56 Å². The molecule has 3 N–H and O–H groups in total. The fourth-order valence-electron chi connectivity index (χ4n) is 2.61. The second-order valence-corrected chi connectivity index (χ2v) is 6.22. The number of anilines is 1. The molecule has 0 amide bonds. The van der Waals surface area contributed by atoms with Crippen LogP contribution in [0.5, 0.6) is 0 Å². The minimum absolute atomic E-state index is 0.256. The van der Waals surface area contributed by atoms with E-state index in [0.29, 0.717) is 16.1 Å². The van der Waals surface area contributed by atoms with Crippen LogP contribution in [0.25, 0.3) is 0 Å². The summed E-state index contributed by atoms with van der Waals surface area (Å²) in [5, 5.41) is 3.21. The molecule has 1 fully saturated rings. The van der Waals surface area contributed by atoms with Crippen molar-refractivity contribution >= 4 is 21.6 Å². The first kappa shape index (κ1) is 15.6. The number of halogens is 4. The Labute approximate surface area is 125 Å². The van der Waals surface area contributed by atoms with E-state index >= 15 is 0 Å². The van der Waals surface area contributed by atoms with Crippen LogP contribution in [-0.4, -0.2) is 12.6 Å². The van der Waals surface area contributed by atoms with Gasteiger partial charge < -0.3 is 11.1 Å². The van der Waals surface area contributed by atoms with Crippen molar-refractivity contribution in [2.24, 2.45) is 11.7 Å². The summed E-state index contributed by atoms with van der Waals surface area (Å²) in [6.07, 6.45) is -0.0104. The molecule has 0 aromatic heterocycles. The lowest BCUT2D eigenvalue weighted by molar-refractivity contribution is -0.137. The minimum Gasteiger partial charge on any atom is -0.384 e. The van der Waals surface area contributed by atoms with Crippen molar-refractivity contribution in [2.45, 2.75) is 37.9 Å². The number of nitrogens with two attached hydrogens (primary N) is 1. The summed E-state index contributed by atoms with van der Waals surface area (Å²) in [7, 11) is 0. The summed E-state index contributed by atoms with van der Waals surface area (Å²) in [6, 6.07) is 3.93. The lowest BCUT2D eigenvalue weighted by Crippen LogP contribution is -2.31. The van der Waals surface area contributed by atoms with Crippen molar-refractivity contribution in [3.8, 4) is 0 Å². The molecule has 20 heavy (non-hydrogen) atoms. The molecule has 1 aromatic rings. The Morgan fingerprint density at radius 2 is 2.05 bits per heavy atom. The highest BCUT2D eigenvalue weighted by Gasteiger charge is 2.30.